The summed E-state index contributed by atoms with van der Waals surface area (Å²) in [4.78, 5) is 18.9. The molecule has 0 unspecified atom stereocenters. The predicted molar refractivity (Wildman–Crippen MR) is 94.1 cm³/mol. The molecule has 6 heteroatoms. The summed E-state index contributed by atoms with van der Waals surface area (Å²) in [5, 5.41) is 0.702. The molecular formula is C16H20N2O2S2. The Labute approximate surface area is 139 Å². The number of nitrogens with zero attached hydrogens (tertiary/aromatic N) is 1. The summed E-state index contributed by atoms with van der Waals surface area (Å²) in [6.07, 6.45) is 0.923. The highest BCUT2D eigenvalue weighted by atomic mass is 32.2. The number of benzene rings is 1. The van der Waals surface area contributed by atoms with Gasteiger partial charge >= 0.3 is 0 Å². The van der Waals surface area contributed by atoms with Crippen LogP contribution in [0.15, 0.2) is 40.3 Å². The molecule has 4 nitrogen and oxygen atoms in total. The molecule has 0 radical (unpaired) electrons. The quantitative estimate of drug-likeness (QED) is 0.592. The average Bonchev–Trinajstić information content (AvgIpc) is 2.53. The van der Waals surface area contributed by atoms with Crippen molar-refractivity contribution >= 4 is 23.5 Å². The Hall–Kier alpha value is -1.40. The molecular weight excluding hydrogens is 316 g/mol. The van der Waals surface area contributed by atoms with Gasteiger partial charge < -0.3 is 9.72 Å². The molecule has 0 aliphatic rings. The van der Waals surface area contributed by atoms with Crippen LogP contribution in [-0.2, 0) is 12.2 Å². The minimum atomic E-state index is -0.0753. The van der Waals surface area contributed by atoms with Crippen molar-refractivity contribution in [2.45, 2.75) is 24.3 Å². The van der Waals surface area contributed by atoms with Gasteiger partial charge in [-0.15, -0.1) is 0 Å². The van der Waals surface area contributed by atoms with E-state index in [0.717, 1.165) is 35.1 Å². The fourth-order valence-corrected chi connectivity index (χ4v) is 3.34. The highest BCUT2D eigenvalue weighted by Crippen LogP contribution is 2.17. The Morgan fingerprint density at radius 3 is 2.73 bits per heavy atom. The van der Waals surface area contributed by atoms with Crippen molar-refractivity contribution in [3.05, 3.63) is 51.9 Å². The van der Waals surface area contributed by atoms with Gasteiger partial charge in [-0.25, -0.2) is 4.98 Å². The average molecular weight is 336 g/mol. The number of hydrogen-bond acceptors (Lipinski definition) is 5. The Balaban J connectivity index is 1.90. The van der Waals surface area contributed by atoms with Crippen molar-refractivity contribution < 1.29 is 4.74 Å². The molecule has 2 rings (SSSR count). The predicted octanol–water partition coefficient (Wildman–Crippen LogP) is 3.37. The van der Waals surface area contributed by atoms with Crippen molar-refractivity contribution in [3.63, 3.8) is 0 Å². The highest BCUT2D eigenvalue weighted by Gasteiger charge is 2.03. The van der Waals surface area contributed by atoms with Crippen molar-refractivity contribution in [1.29, 1.82) is 0 Å². The third-order valence-electron chi connectivity index (χ3n) is 3.02. The first-order valence-electron chi connectivity index (χ1n) is 7.15. The molecule has 1 aromatic carbocycles. The maximum Gasteiger partial charge on any atom is 0.251 e. The van der Waals surface area contributed by atoms with Crippen LogP contribution in [0, 0.1) is 0 Å². The van der Waals surface area contributed by atoms with Crippen molar-refractivity contribution in [2.24, 2.45) is 0 Å². The number of rotatable bonds is 8. The molecule has 22 heavy (non-hydrogen) atoms. The summed E-state index contributed by atoms with van der Waals surface area (Å²) in [6, 6.07) is 9.62. The lowest BCUT2D eigenvalue weighted by Gasteiger charge is -2.05. The molecule has 0 atom stereocenters. The first-order valence-corrected chi connectivity index (χ1v) is 9.29. The van der Waals surface area contributed by atoms with E-state index in [4.69, 9.17) is 4.74 Å². The molecule has 0 bridgehead atoms. The maximum absolute atomic E-state index is 11.6. The van der Waals surface area contributed by atoms with Gasteiger partial charge in [0.25, 0.3) is 5.56 Å². The lowest BCUT2D eigenvalue weighted by molar-refractivity contribution is 0.414. The lowest BCUT2D eigenvalue weighted by atomic mass is 10.2. The number of H-pyrrole nitrogens is 1. The number of nitrogens with one attached hydrogen (secondary N) is 1. The van der Waals surface area contributed by atoms with Crippen LogP contribution >= 0.6 is 23.5 Å². The number of thioether (sulfide) groups is 2. The summed E-state index contributed by atoms with van der Waals surface area (Å²) >= 11 is 3.35. The molecule has 0 aliphatic carbocycles. The fourth-order valence-electron chi connectivity index (χ4n) is 1.89. The second-order valence-corrected chi connectivity index (χ2v) is 6.98. The first kappa shape index (κ1) is 17.0. The third-order valence-corrected chi connectivity index (χ3v) is 4.80. The second-order valence-electron chi connectivity index (χ2n) is 4.63. The molecule has 0 aliphatic heterocycles. The number of methoxy groups -OCH3 is 1. The number of hydrogen-bond donors (Lipinski definition) is 1. The molecule has 0 saturated carbocycles. The molecule has 2 aromatic rings. The van der Waals surface area contributed by atoms with E-state index in [9.17, 15) is 4.79 Å². The smallest absolute Gasteiger partial charge is 0.251 e. The SMILES string of the molecule is CCSCc1cc(=O)[nH]c(SCCc2ccc(OC)cc2)n1. The van der Waals surface area contributed by atoms with E-state index in [-0.39, 0.29) is 5.56 Å². The summed E-state index contributed by atoms with van der Waals surface area (Å²) in [7, 11) is 1.66. The monoisotopic (exact) mass is 336 g/mol. The molecule has 0 saturated heterocycles. The van der Waals surface area contributed by atoms with Crippen LogP contribution in [0.3, 0.4) is 0 Å². The number of aromatic amines is 1. The van der Waals surface area contributed by atoms with E-state index in [1.54, 1.807) is 36.7 Å². The lowest BCUT2D eigenvalue weighted by Crippen LogP contribution is -2.10. The van der Waals surface area contributed by atoms with Crippen LogP contribution in [0.5, 0.6) is 5.75 Å². The summed E-state index contributed by atoms with van der Waals surface area (Å²) < 4.78 is 5.14. The van der Waals surface area contributed by atoms with Gasteiger partial charge in [-0.3, -0.25) is 4.79 Å². The van der Waals surface area contributed by atoms with Gasteiger partial charge in [-0.05, 0) is 29.9 Å². The number of aromatic nitrogens is 2. The van der Waals surface area contributed by atoms with Gasteiger partial charge in [0.2, 0.25) is 0 Å². The van der Waals surface area contributed by atoms with Gasteiger partial charge in [0.15, 0.2) is 5.16 Å². The van der Waals surface area contributed by atoms with E-state index < -0.39 is 0 Å². The molecule has 1 heterocycles. The van der Waals surface area contributed by atoms with E-state index in [2.05, 4.69) is 29.0 Å². The van der Waals surface area contributed by atoms with Gasteiger partial charge in [-0.2, -0.15) is 11.8 Å². The van der Waals surface area contributed by atoms with Crippen molar-refractivity contribution in [3.8, 4) is 5.75 Å². The first-order chi connectivity index (χ1) is 10.7. The van der Waals surface area contributed by atoms with Crippen LogP contribution in [-0.4, -0.2) is 28.6 Å². The second kappa shape index (κ2) is 8.90. The Morgan fingerprint density at radius 2 is 2.05 bits per heavy atom. The van der Waals surface area contributed by atoms with E-state index in [1.165, 1.54) is 5.56 Å². The standard InChI is InChI=1S/C16H20N2O2S2/c1-3-21-11-13-10-15(19)18-16(17-13)22-9-8-12-4-6-14(20-2)7-5-12/h4-7,10H,3,8-9,11H2,1-2H3,(H,17,18,19). The minimum Gasteiger partial charge on any atom is -0.497 e. The third kappa shape index (κ3) is 5.42. The van der Waals surface area contributed by atoms with Crippen LogP contribution in [0.4, 0.5) is 0 Å². The molecule has 0 spiro atoms. The Morgan fingerprint density at radius 1 is 1.27 bits per heavy atom. The summed E-state index contributed by atoms with van der Waals surface area (Å²) in [5.41, 5.74) is 2.02. The number of aryl methyl sites for hydroxylation is 1. The van der Waals surface area contributed by atoms with E-state index >= 15 is 0 Å². The van der Waals surface area contributed by atoms with E-state index in [0.29, 0.717) is 5.16 Å². The molecule has 118 valence electrons. The molecule has 1 aromatic heterocycles. The fraction of sp³-hybridized carbons (Fsp3) is 0.375. The molecule has 0 fully saturated rings. The largest absolute Gasteiger partial charge is 0.497 e. The van der Waals surface area contributed by atoms with Crippen LogP contribution < -0.4 is 10.3 Å². The molecule has 1 N–H and O–H groups in total. The van der Waals surface area contributed by atoms with Gasteiger partial charge in [0.05, 0.1) is 12.8 Å². The zero-order chi connectivity index (χ0) is 15.8. The van der Waals surface area contributed by atoms with Crippen LogP contribution in [0.1, 0.15) is 18.2 Å². The van der Waals surface area contributed by atoms with Gasteiger partial charge in [0.1, 0.15) is 5.75 Å². The summed E-state index contributed by atoms with van der Waals surface area (Å²) in [6.45, 7) is 2.10. The van der Waals surface area contributed by atoms with E-state index in [1.807, 2.05) is 12.1 Å². The summed E-state index contributed by atoms with van der Waals surface area (Å²) in [5.74, 6) is 3.55. The Bertz CT molecular complexity index is 641. The van der Waals surface area contributed by atoms with Crippen LogP contribution in [0.25, 0.3) is 0 Å². The maximum atomic E-state index is 11.6. The normalized spacial score (nSPS) is 10.6. The van der Waals surface area contributed by atoms with Gasteiger partial charge in [-0.1, -0.05) is 30.8 Å². The van der Waals surface area contributed by atoms with Gasteiger partial charge in [0, 0.05) is 17.6 Å². The zero-order valence-corrected chi connectivity index (χ0v) is 14.4. The highest BCUT2D eigenvalue weighted by molar-refractivity contribution is 7.99. The van der Waals surface area contributed by atoms with Crippen molar-refractivity contribution in [1.82, 2.24) is 9.97 Å². The topological polar surface area (TPSA) is 55.0 Å². The number of ether oxygens (including phenoxy) is 1. The van der Waals surface area contributed by atoms with Crippen molar-refractivity contribution in [2.75, 3.05) is 18.6 Å². The van der Waals surface area contributed by atoms with Crippen LogP contribution in [0.2, 0.25) is 0 Å². The minimum absolute atomic E-state index is 0.0753. The zero-order valence-electron chi connectivity index (χ0n) is 12.8. The Kier molecular flexibility index (Phi) is 6.86. The molecule has 0 amide bonds.